The summed E-state index contributed by atoms with van der Waals surface area (Å²) in [7, 11) is 3.42. The molecule has 3 heteroatoms. The van der Waals surface area contributed by atoms with Crippen LogP contribution in [0.1, 0.15) is 26.7 Å². The summed E-state index contributed by atoms with van der Waals surface area (Å²) in [5.41, 5.74) is 0.826. The largest absolute Gasteiger partial charge is 0.495 e. The molecule has 0 fully saturated rings. The SMILES string of the molecule is CCC(CC)C(=O)N(C)c1ccccc1OC. The topological polar surface area (TPSA) is 29.5 Å². The Morgan fingerprint density at radius 2 is 1.88 bits per heavy atom. The molecular weight excluding hydrogens is 214 g/mol. The fraction of sp³-hybridized carbons (Fsp3) is 0.500. The van der Waals surface area contributed by atoms with Crippen molar-refractivity contribution in [3.05, 3.63) is 24.3 Å². The number of hydrogen-bond acceptors (Lipinski definition) is 2. The Labute approximate surface area is 103 Å². The van der Waals surface area contributed by atoms with Gasteiger partial charge in [0.1, 0.15) is 5.75 Å². The van der Waals surface area contributed by atoms with Crippen molar-refractivity contribution in [1.82, 2.24) is 0 Å². The number of ether oxygens (including phenoxy) is 1. The fourth-order valence-electron chi connectivity index (χ4n) is 1.94. The van der Waals surface area contributed by atoms with Gasteiger partial charge in [0, 0.05) is 13.0 Å². The molecule has 1 aromatic carbocycles. The highest BCUT2D eigenvalue weighted by Gasteiger charge is 2.21. The summed E-state index contributed by atoms with van der Waals surface area (Å²) in [6, 6.07) is 7.58. The van der Waals surface area contributed by atoms with Crippen molar-refractivity contribution >= 4 is 11.6 Å². The van der Waals surface area contributed by atoms with Crippen molar-refractivity contribution in [2.45, 2.75) is 26.7 Å². The maximum Gasteiger partial charge on any atom is 0.229 e. The molecule has 0 aromatic heterocycles. The van der Waals surface area contributed by atoms with E-state index in [0.717, 1.165) is 24.3 Å². The van der Waals surface area contributed by atoms with Gasteiger partial charge in [0.15, 0.2) is 0 Å². The summed E-state index contributed by atoms with van der Waals surface area (Å²) >= 11 is 0. The number of benzene rings is 1. The third-order valence-electron chi connectivity index (χ3n) is 3.11. The summed E-state index contributed by atoms with van der Waals surface area (Å²) in [5, 5.41) is 0. The van der Waals surface area contributed by atoms with E-state index in [1.165, 1.54) is 0 Å². The van der Waals surface area contributed by atoms with E-state index in [4.69, 9.17) is 4.74 Å². The molecule has 94 valence electrons. The van der Waals surface area contributed by atoms with Crippen molar-refractivity contribution < 1.29 is 9.53 Å². The van der Waals surface area contributed by atoms with Gasteiger partial charge in [0.05, 0.1) is 12.8 Å². The summed E-state index contributed by atoms with van der Waals surface area (Å²) in [5.74, 6) is 0.971. The minimum atomic E-state index is 0.0879. The van der Waals surface area contributed by atoms with Gasteiger partial charge in [-0.25, -0.2) is 0 Å². The van der Waals surface area contributed by atoms with Crippen LogP contribution in [0.25, 0.3) is 0 Å². The Balaban J connectivity index is 2.95. The highest BCUT2D eigenvalue weighted by atomic mass is 16.5. The van der Waals surface area contributed by atoms with Gasteiger partial charge in [0.2, 0.25) is 5.91 Å². The quantitative estimate of drug-likeness (QED) is 0.785. The molecule has 0 aliphatic carbocycles. The van der Waals surface area contributed by atoms with Gasteiger partial charge in [-0.1, -0.05) is 26.0 Å². The third kappa shape index (κ3) is 2.99. The smallest absolute Gasteiger partial charge is 0.229 e. The maximum absolute atomic E-state index is 12.2. The first-order chi connectivity index (χ1) is 8.15. The van der Waals surface area contributed by atoms with Crippen LogP contribution in [0.2, 0.25) is 0 Å². The molecule has 0 unspecified atom stereocenters. The molecule has 17 heavy (non-hydrogen) atoms. The Morgan fingerprint density at radius 1 is 1.29 bits per heavy atom. The number of carbonyl (C=O) groups is 1. The second-order valence-electron chi connectivity index (χ2n) is 4.08. The predicted molar refractivity (Wildman–Crippen MR) is 70.5 cm³/mol. The fourth-order valence-corrected chi connectivity index (χ4v) is 1.94. The second-order valence-corrected chi connectivity index (χ2v) is 4.08. The lowest BCUT2D eigenvalue weighted by Gasteiger charge is -2.23. The van der Waals surface area contributed by atoms with Gasteiger partial charge in [-0.15, -0.1) is 0 Å². The van der Waals surface area contributed by atoms with E-state index >= 15 is 0 Å². The van der Waals surface area contributed by atoms with Crippen LogP contribution >= 0.6 is 0 Å². The molecule has 1 rings (SSSR count). The summed E-state index contributed by atoms with van der Waals surface area (Å²) in [6.07, 6.45) is 1.74. The zero-order valence-electron chi connectivity index (χ0n) is 11.1. The lowest BCUT2D eigenvalue weighted by Crippen LogP contribution is -2.32. The average molecular weight is 235 g/mol. The summed E-state index contributed by atoms with van der Waals surface area (Å²) in [4.78, 5) is 13.9. The number of anilines is 1. The molecule has 0 radical (unpaired) electrons. The number of amides is 1. The van der Waals surface area contributed by atoms with Crippen LogP contribution in [-0.4, -0.2) is 20.1 Å². The van der Waals surface area contributed by atoms with E-state index in [9.17, 15) is 4.79 Å². The molecule has 0 spiro atoms. The molecule has 0 aliphatic rings. The van der Waals surface area contributed by atoms with Crippen LogP contribution in [0.15, 0.2) is 24.3 Å². The Kier molecular flexibility index (Phi) is 5.01. The molecule has 0 saturated carbocycles. The van der Waals surface area contributed by atoms with Crippen LogP contribution in [0.5, 0.6) is 5.75 Å². The summed E-state index contributed by atoms with van der Waals surface area (Å²) in [6.45, 7) is 4.09. The molecule has 0 bridgehead atoms. The molecule has 0 heterocycles. The lowest BCUT2D eigenvalue weighted by molar-refractivity contribution is -0.122. The van der Waals surface area contributed by atoms with E-state index in [1.807, 2.05) is 38.1 Å². The van der Waals surface area contributed by atoms with E-state index in [1.54, 1.807) is 19.1 Å². The van der Waals surface area contributed by atoms with Crippen molar-refractivity contribution in [3.8, 4) is 5.75 Å². The Morgan fingerprint density at radius 3 is 2.41 bits per heavy atom. The van der Waals surface area contributed by atoms with Crippen LogP contribution in [-0.2, 0) is 4.79 Å². The minimum Gasteiger partial charge on any atom is -0.495 e. The van der Waals surface area contributed by atoms with Crippen LogP contribution in [0, 0.1) is 5.92 Å². The highest BCUT2D eigenvalue weighted by molar-refractivity contribution is 5.95. The van der Waals surface area contributed by atoms with Crippen molar-refractivity contribution in [1.29, 1.82) is 0 Å². The first-order valence-electron chi connectivity index (χ1n) is 6.06. The van der Waals surface area contributed by atoms with E-state index in [0.29, 0.717) is 0 Å². The molecule has 0 saturated heterocycles. The number of rotatable bonds is 5. The van der Waals surface area contributed by atoms with E-state index < -0.39 is 0 Å². The van der Waals surface area contributed by atoms with Gasteiger partial charge in [-0.2, -0.15) is 0 Å². The number of methoxy groups -OCH3 is 1. The number of carbonyl (C=O) groups excluding carboxylic acids is 1. The molecule has 0 aliphatic heterocycles. The van der Waals surface area contributed by atoms with Crippen molar-refractivity contribution in [2.24, 2.45) is 5.92 Å². The minimum absolute atomic E-state index is 0.0879. The number of hydrogen-bond donors (Lipinski definition) is 0. The highest BCUT2D eigenvalue weighted by Crippen LogP contribution is 2.28. The number of nitrogens with zero attached hydrogens (tertiary/aromatic N) is 1. The molecule has 0 atom stereocenters. The zero-order chi connectivity index (χ0) is 12.8. The zero-order valence-corrected chi connectivity index (χ0v) is 11.1. The maximum atomic E-state index is 12.2. The van der Waals surface area contributed by atoms with Gasteiger partial charge in [-0.05, 0) is 25.0 Å². The average Bonchev–Trinajstić information content (AvgIpc) is 2.39. The monoisotopic (exact) mass is 235 g/mol. The van der Waals surface area contributed by atoms with Gasteiger partial charge < -0.3 is 9.64 Å². The van der Waals surface area contributed by atoms with Crippen molar-refractivity contribution in [2.75, 3.05) is 19.1 Å². The van der Waals surface area contributed by atoms with Gasteiger partial charge >= 0.3 is 0 Å². The molecular formula is C14H21NO2. The standard InChI is InChI=1S/C14H21NO2/c1-5-11(6-2)14(16)15(3)12-9-7-8-10-13(12)17-4/h7-11H,5-6H2,1-4H3. The number of para-hydroxylation sites is 2. The first kappa shape index (κ1) is 13.6. The Bertz CT molecular complexity index is 372. The lowest BCUT2D eigenvalue weighted by atomic mass is 10.0. The van der Waals surface area contributed by atoms with Gasteiger partial charge in [-0.3, -0.25) is 4.79 Å². The van der Waals surface area contributed by atoms with Crippen LogP contribution in [0.4, 0.5) is 5.69 Å². The predicted octanol–water partition coefficient (Wildman–Crippen LogP) is 3.09. The normalized spacial score (nSPS) is 10.4. The third-order valence-corrected chi connectivity index (χ3v) is 3.11. The Hall–Kier alpha value is -1.51. The molecule has 1 aromatic rings. The van der Waals surface area contributed by atoms with E-state index in [-0.39, 0.29) is 11.8 Å². The molecule has 3 nitrogen and oxygen atoms in total. The van der Waals surface area contributed by atoms with Crippen LogP contribution in [0.3, 0.4) is 0 Å². The van der Waals surface area contributed by atoms with Gasteiger partial charge in [0.25, 0.3) is 0 Å². The van der Waals surface area contributed by atoms with Crippen LogP contribution < -0.4 is 9.64 Å². The van der Waals surface area contributed by atoms with Crippen molar-refractivity contribution in [3.63, 3.8) is 0 Å². The second kappa shape index (κ2) is 6.28. The molecule has 0 N–H and O–H groups in total. The first-order valence-corrected chi connectivity index (χ1v) is 6.06. The van der Waals surface area contributed by atoms with E-state index in [2.05, 4.69) is 0 Å². The summed E-state index contributed by atoms with van der Waals surface area (Å²) < 4.78 is 5.27. The molecule has 1 amide bonds.